The van der Waals surface area contributed by atoms with Gasteiger partial charge in [-0.15, -0.1) is 0 Å². The molecular formula is C18H16. The molecule has 0 aliphatic rings. The maximum absolute atomic E-state index is 2.29. The lowest BCUT2D eigenvalue weighted by molar-refractivity contribution is 1.44. The van der Waals surface area contributed by atoms with Gasteiger partial charge in [0.25, 0.3) is 0 Å². The lowest BCUT2D eigenvalue weighted by Crippen LogP contribution is -1.85. The molecule has 0 N–H and O–H groups in total. The average Bonchev–Trinajstić information content (AvgIpc) is 2.39. The van der Waals surface area contributed by atoms with Crippen LogP contribution in [0.2, 0.25) is 0 Å². The molecule has 0 saturated heterocycles. The van der Waals surface area contributed by atoms with Gasteiger partial charge in [-0.3, -0.25) is 0 Å². The van der Waals surface area contributed by atoms with Crippen molar-refractivity contribution in [2.75, 3.05) is 0 Å². The van der Waals surface area contributed by atoms with Crippen LogP contribution in [0.1, 0.15) is 11.1 Å². The molecule has 0 amide bonds. The quantitative estimate of drug-likeness (QED) is 0.546. The van der Waals surface area contributed by atoms with Crippen LogP contribution in [0.3, 0.4) is 0 Å². The van der Waals surface area contributed by atoms with Crippen molar-refractivity contribution in [2.24, 2.45) is 0 Å². The van der Waals surface area contributed by atoms with Crippen LogP contribution >= 0.6 is 0 Å². The third-order valence-electron chi connectivity index (χ3n) is 3.46. The van der Waals surface area contributed by atoms with Crippen molar-refractivity contribution >= 4 is 10.8 Å². The molecule has 3 rings (SSSR count). The van der Waals surface area contributed by atoms with Gasteiger partial charge in [0.05, 0.1) is 0 Å². The van der Waals surface area contributed by atoms with Crippen molar-refractivity contribution in [3.05, 3.63) is 71.8 Å². The van der Waals surface area contributed by atoms with Crippen LogP contribution in [0.25, 0.3) is 21.9 Å². The van der Waals surface area contributed by atoms with Gasteiger partial charge in [-0.1, -0.05) is 60.2 Å². The van der Waals surface area contributed by atoms with E-state index in [1.807, 2.05) is 0 Å². The lowest BCUT2D eigenvalue weighted by atomic mass is 9.96. The maximum Gasteiger partial charge on any atom is -0.0148 e. The number of benzene rings is 3. The van der Waals surface area contributed by atoms with Gasteiger partial charge < -0.3 is 0 Å². The van der Waals surface area contributed by atoms with Crippen molar-refractivity contribution in [1.82, 2.24) is 0 Å². The smallest absolute Gasteiger partial charge is 0.0148 e. The van der Waals surface area contributed by atoms with Gasteiger partial charge in [0.2, 0.25) is 0 Å². The molecule has 3 aromatic rings. The minimum absolute atomic E-state index is 1.30. The largest absolute Gasteiger partial charge is 0.0616 e. The van der Waals surface area contributed by atoms with Gasteiger partial charge in [0, 0.05) is 0 Å². The fourth-order valence-electron chi connectivity index (χ4n) is 2.40. The Balaban J connectivity index is 2.22. The van der Waals surface area contributed by atoms with Gasteiger partial charge in [0.15, 0.2) is 0 Å². The van der Waals surface area contributed by atoms with Crippen LogP contribution in [0.5, 0.6) is 0 Å². The van der Waals surface area contributed by atoms with Gasteiger partial charge in [-0.2, -0.15) is 0 Å². The summed E-state index contributed by atoms with van der Waals surface area (Å²) in [5.41, 5.74) is 5.26. The molecule has 0 bridgehead atoms. The van der Waals surface area contributed by atoms with Gasteiger partial charge >= 0.3 is 0 Å². The summed E-state index contributed by atoms with van der Waals surface area (Å²) in [6.07, 6.45) is 0. The predicted molar refractivity (Wildman–Crippen MR) is 78.9 cm³/mol. The van der Waals surface area contributed by atoms with Crippen LogP contribution in [-0.4, -0.2) is 0 Å². The first kappa shape index (κ1) is 11.0. The van der Waals surface area contributed by atoms with E-state index in [1.54, 1.807) is 0 Å². The Labute approximate surface area is 108 Å². The Morgan fingerprint density at radius 2 is 1.28 bits per heavy atom. The Morgan fingerprint density at radius 3 is 1.94 bits per heavy atom. The average molecular weight is 232 g/mol. The summed E-state index contributed by atoms with van der Waals surface area (Å²) in [5, 5.41) is 2.62. The highest BCUT2D eigenvalue weighted by Crippen LogP contribution is 2.28. The zero-order chi connectivity index (χ0) is 12.5. The molecule has 18 heavy (non-hydrogen) atoms. The molecule has 3 aromatic carbocycles. The molecule has 0 nitrogen and oxygen atoms in total. The SMILES string of the molecule is Cc1ccc(-c2cc3ccccc3cc2C)cc1. The molecule has 0 unspecified atom stereocenters. The number of hydrogen-bond acceptors (Lipinski definition) is 0. The number of rotatable bonds is 1. The Bertz CT molecular complexity index is 691. The molecule has 0 spiro atoms. The molecule has 88 valence electrons. The molecule has 0 aromatic heterocycles. The summed E-state index contributed by atoms with van der Waals surface area (Å²) in [7, 11) is 0. The third kappa shape index (κ3) is 1.91. The summed E-state index contributed by atoms with van der Waals surface area (Å²) in [6, 6.07) is 21.8. The van der Waals surface area contributed by atoms with E-state index >= 15 is 0 Å². The van der Waals surface area contributed by atoms with E-state index in [2.05, 4.69) is 74.5 Å². The van der Waals surface area contributed by atoms with E-state index in [0.29, 0.717) is 0 Å². The number of hydrogen-bond donors (Lipinski definition) is 0. The highest BCUT2D eigenvalue weighted by Gasteiger charge is 2.03. The number of fused-ring (bicyclic) bond motifs is 1. The zero-order valence-electron chi connectivity index (χ0n) is 10.8. The van der Waals surface area contributed by atoms with E-state index < -0.39 is 0 Å². The molecule has 0 saturated carbocycles. The molecule has 0 atom stereocenters. The van der Waals surface area contributed by atoms with Crippen molar-refractivity contribution in [2.45, 2.75) is 13.8 Å². The predicted octanol–water partition coefficient (Wildman–Crippen LogP) is 5.12. The van der Waals surface area contributed by atoms with Crippen LogP contribution in [0.15, 0.2) is 60.7 Å². The highest BCUT2D eigenvalue weighted by molar-refractivity contribution is 5.89. The maximum atomic E-state index is 2.29. The fraction of sp³-hybridized carbons (Fsp3) is 0.111. The number of aryl methyl sites for hydroxylation is 2. The minimum atomic E-state index is 1.30. The molecule has 0 aliphatic heterocycles. The molecule has 0 fully saturated rings. The molecular weight excluding hydrogens is 216 g/mol. The molecule has 0 radical (unpaired) electrons. The fourth-order valence-corrected chi connectivity index (χ4v) is 2.40. The normalized spacial score (nSPS) is 10.8. The van der Waals surface area contributed by atoms with Crippen molar-refractivity contribution in [3.63, 3.8) is 0 Å². The Kier molecular flexibility index (Phi) is 2.64. The molecule has 0 aliphatic carbocycles. The van der Waals surface area contributed by atoms with Crippen LogP contribution in [0.4, 0.5) is 0 Å². The highest BCUT2D eigenvalue weighted by atomic mass is 14.1. The Hall–Kier alpha value is -2.08. The zero-order valence-corrected chi connectivity index (χ0v) is 10.8. The van der Waals surface area contributed by atoms with E-state index in [-0.39, 0.29) is 0 Å². The summed E-state index contributed by atoms with van der Waals surface area (Å²) < 4.78 is 0. The second kappa shape index (κ2) is 4.30. The standard InChI is InChI=1S/C18H16/c1-13-7-9-15(10-8-13)18-12-17-6-4-3-5-16(17)11-14(18)2/h3-12H,1-2H3. The second-order valence-electron chi connectivity index (χ2n) is 4.88. The van der Waals surface area contributed by atoms with E-state index in [0.717, 1.165) is 0 Å². The van der Waals surface area contributed by atoms with Crippen molar-refractivity contribution < 1.29 is 0 Å². The molecule has 0 heterocycles. The summed E-state index contributed by atoms with van der Waals surface area (Å²) in [4.78, 5) is 0. The van der Waals surface area contributed by atoms with E-state index in [9.17, 15) is 0 Å². The topological polar surface area (TPSA) is 0 Å². The monoisotopic (exact) mass is 232 g/mol. The minimum Gasteiger partial charge on any atom is -0.0616 e. The first-order valence-electron chi connectivity index (χ1n) is 6.30. The molecule has 0 heteroatoms. The summed E-state index contributed by atoms with van der Waals surface area (Å²) in [6.45, 7) is 4.30. The van der Waals surface area contributed by atoms with Gasteiger partial charge in [-0.25, -0.2) is 0 Å². The first-order valence-corrected chi connectivity index (χ1v) is 6.30. The summed E-state index contributed by atoms with van der Waals surface area (Å²) >= 11 is 0. The second-order valence-corrected chi connectivity index (χ2v) is 4.88. The van der Waals surface area contributed by atoms with Crippen LogP contribution in [-0.2, 0) is 0 Å². The van der Waals surface area contributed by atoms with Crippen molar-refractivity contribution in [1.29, 1.82) is 0 Å². The third-order valence-corrected chi connectivity index (χ3v) is 3.46. The lowest BCUT2D eigenvalue weighted by Gasteiger charge is -2.09. The van der Waals surface area contributed by atoms with Gasteiger partial charge in [0.1, 0.15) is 0 Å². The van der Waals surface area contributed by atoms with Crippen LogP contribution < -0.4 is 0 Å². The van der Waals surface area contributed by atoms with E-state index in [1.165, 1.54) is 33.0 Å². The first-order chi connectivity index (χ1) is 8.74. The van der Waals surface area contributed by atoms with E-state index in [4.69, 9.17) is 0 Å². The van der Waals surface area contributed by atoms with Crippen LogP contribution in [0, 0.1) is 13.8 Å². The van der Waals surface area contributed by atoms with Gasteiger partial charge in [-0.05, 0) is 47.4 Å². The summed E-state index contributed by atoms with van der Waals surface area (Å²) in [5.74, 6) is 0. The van der Waals surface area contributed by atoms with Crippen molar-refractivity contribution in [3.8, 4) is 11.1 Å². The Morgan fingerprint density at radius 1 is 0.667 bits per heavy atom.